The number of benzene rings is 1. The van der Waals surface area contributed by atoms with Crippen LogP contribution in [0.3, 0.4) is 0 Å². The zero-order valence-corrected chi connectivity index (χ0v) is 18.4. The van der Waals surface area contributed by atoms with Crippen LogP contribution in [0.4, 0.5) is 10.1 Å². The highest BCUT2D eigenvalue weighted by molar-refractivity contribution is 6.30. The fourth-order valence-corrected chi connectivity index (χ4v) is 3.16. The molecule has 1 heterocycles. The number of hydrogen-bond acceptors (Lipinski definition) is 5. The Labute approximate surface area is 186 Å². The number of nitrogens with one attached hydrogen (secondary N) is 1. The van der Waals surface area contributed by atoms with Gasteiger partial charge in [-0.3, -0.25) is 9.78 Å². The van der Waals surface area contributed by atoms with Gasteiger partial charge in [0.15, 0.2) is 0 Å². The molecule has 1 aromatic heterocycles. The van der Waals surface area contributed by atoms with Crippen molar-refractivity contribution in [3.63, 3.8) is 0 Å². The number of rotatable bonds is 8. The zero-order valence-electron chi connectivity index (χ0n) is 17.7. The molecule has 1 unspecified atom stereocenters. The number of halogens is 2. The molecule has 0 saturated carbocycles. The van der Waals surface area contributed by atoms with E-state index in [9.17, 15) is 9.18 Å². The highest BCUT2D eigenvalue weighted by Gasteiger charge is 2.18. The van der Waals surface area contributed by atoms with Gasteiger partial charge in [-0.2, -0.15) is 0 Å². The van der Waals surface area contributed by atoms with Crippen LogP contribution in [0.1, 0.15) is 13.3 Å². The first-order valence-electron chi connectivity index (χ1n) is 9.93. The number of pyridine rings is 1. The number of carbonyl (C=O) groups excluding carboxylic acids is 1. The quantitative estimate of drug-likeness (QED) is 0.590. The van der Waals surface area contributed by atoms with Gasteiger partial charge in [-0.05, 0) is 37.9 Å². The molecular weight excluding hydrogens is 421 g/mol. The van der Waals surface area contributed by atoms with Crippen molar-refractivity contribution in [2.75, 3.05) is 32.6 Å². The lowest BCUT2D eigenvalue weighted by Gasteiger charge is -2.16. The molecule has 3 rings (SSSR count). The minimum atomic E-state index is -1.21. The van der Waals surface area contributed by atoms with Crippen molar-refractivity contribution in [1.82, 2.24) is 9.88 Å². The van der Waals surface area contributed by atoms with E-state index in [2.05, 4.69) is 15.2 Å². The Kier molecular flexibility index (Phi) is 7.65. The van der Waals surface area contributed by atoms with E-state index in [1.807, 2.05) is 14.0 Å². The number of allylic oxidation sites excluding steroid dienone is 3. The predicted molar refractivity (Wildman–Crippen MR) is 121 cm³/mol. The van der Waals surface area contributed by atoms with Gasteiger partial charge in [-0.25, -0.2) is 4.39 Å². The predicted octanol–water partition coefficient (Wildman–Crippen LogP) is 4.82. The van der Waals surface area contributed by atoms with E-state index < -0.39 is 6.17 Å². The summed E-state index contributed by atoms with van der Waals surface area (Å²) in [5.74, 6) is 1.17. The maximum atomic E-state index is 13.6. The smallest absolute Gasteiger partial charge is 0.248 e. The van der Waals surface area contributed by atoms with Gasteiger partial charge < -0.3 is 19.7 Å². The molecule has 0 spiro atoms. The third kappa shape index (κ3) is 5.83. The van der Waals surface area contributed by atoms with Crippen LogP contribution < -0.4 is 14.8 Å². The SMILES string of the molecule is CCN(C)C/C=C/C(=O)Nc1cc2c(OC3=CCC(F)C(Cl)=C3)ccnc2cc1OC. The third-order valence-electron chi connectivity index (χ3n) is 4.84. The lowest BCUT2D eigenvalue weighted by molar-refractivity contribution is -0.111. The summed E-state index contributed by atoms with van der Waals surface area (Å²) in [6.07, 6.45) is 6.95. The lowest BCUT2D eigenvalue weighted by atomic mass is 10.1. The Bertz CT molecular complexity index is 1050. The van der Waals surface area contributed by atoms with Crippen LogP contribution in [0.5, 0.6) is 11.5 Å². The molecule has 0 fully saturated rings. The van der Waals surface area contributed by atoms with Gasteiger partial charge in [0.05, 0.1) is 23.3 Å². The molecule has 1 amide bonds. The van der Waals surface area contributed by atoms with Gasteiger partial charge in [0.2, 0.25) is 5.91 Å². The number of nitrogens with zero attached hydrogens (tertiary/aromatic N) is 2. The monoisotopic (exact) mass is 445 g/mol. The molecule has 1 aromatic carbocycles. The van der Waals surface area contributed by atoms with Crippen LogP contribution in [-0.2, 0) is 4.79 Å². The second-order valence-corrected chi connectivity index (χ2v) is 7.50. The normalized spacial score (nSPS) is 16.4. The third-order valence-corrected chi connectivity index (χ3v) is 5.19. The molecule has 1 N–H and O–H groups in total. The Morgan fingerprint density at radius 2 is 2.23 bits per heavy atom. The Hall–Kier alpha value is -2.90. The molecule has 0 saturated heterocycles. The average Bonchev–Trinajstić information content (AvgIpc) is 2.76. The lowest BCUT2D eigenvalue weighted by Crippen LogP contribution is -2.17. The zero-order chi connectivity index (χ0) is 22.4. The average molecular weight is 446 g/mol. The fraction of sp³-hybridized carbons (Fsp3) is 0.304. The molecule has 6 nitrogen and oxygen atoms in total. The number of hydrogen-bond donors (Lipinski definition) is 1. The summed E-state index contributed by atoms with van der Waals surface area (Å²) in [5.41, 5.74) is 1.11. The van der Waals surface area contributed by atoms with Gasteiger partial charge in [0, 0.05) is 36.7 Å². The highest BCUT2D eigenvalue weighted by atomic mass is 35.5. The number of methoxy groups -OCH3 is 1. The number of ether oxygens (including phenoxy) is 2. The highest BCUT2D eigenvalue weighted by Crippen LogP contribution is 2.35. The molecule has 1 aliphatic rings. The summed E-state index contributed by atoms with van der Waals surface area (Å²) in [5, 5.41) is 3.61. The Balaban J connectivity index is 1.87. The Morgan fingerprint density at radius 3 is 2.94 bits per heavy atom. The number of likely N-dealkylation sites (N-methyl/N-ethyl adjacent to an activating group) is 1. The molecule has 8 heteroatoms. The number of amides is 1. The van der Waals surface area contributed by atoms with E-state index in [4.69, 9.17) is 21.1 Å². The van der Waals surface area contributed by atoms with Crippen LogP contribution >= 0.6 is 11.6 Å². The second kappa shape index (κ2) is 10.4. The first kappa shape index (κ1) is 22.8. The molecule has 0 aliphatic heterocycles. The minimum Gasteiger partial charge on any atom is -0.494 e. The topological polar surface area (TPSA) is 63.7 Å². The van der Waals surface area contributed by atoms with E-state index in [1.165, 1.54) is 19.3 Å². The Morgan fingerprint density at radius 1 is 1.42 bits per heavy atom. The van der Waals surface area contributed by atoms with E-state index in [0.717, 1.165) is 6.54 Å². The first-order valence-corrected chi connectivity index (χ1v) is 10.3. The van der Waals surface area contributed by atoms with Crippen LogP contribution in [0, 0.1) is 0 Å². The molecule has 1 atom stereocenters. The molecule has 31 heavy (non-hydrogen) atoms. The molecular formula is C23H25ClFN3O3. The summed E-state index contributed by atoms with van der Waals surface area (Å²) < 4.78 is 24.9. The van der Waals surface area contributed by atoms with E-state index in [1.54, 1.807) is 36.5 Å². The molecule has 1 aliphatic carbocycles. The van der Waals surface area contributed by atoms with Gasteiger partial charge >= 0.3 is 0 Å². The minimum absolute atomic E-state index is 0.103. The van der Waals surface area contributed by atoms with E-state index in [0.29, 0.717) is 40.4 Å². The van der Waals surface area contributed by atoms with Gasteiger partial charge in [0.1, 0.15) is 23.4 Å². The van der Waals surface area contributed by atoms with Gasteiger partial charge in [0.25, 0.3) is 0 Å². The van der Waals surface area contributed by atoms with Crippen LogP contribution in [-0.4, -0.2) is 49.2 Å². The van der Waals surface area contributed by atoms with Crippen molar-refractivity contribution in [3.05, 3.63) is 59.5 Å². The fourth-order valence-electron chi connectivity index (χ4n) is 2.96. The van der Waals surface area contributed by atoms with Crippen molar-refractivity contribution in [2.24, 2.45) is 0 Å². The second-order valence-electron chi connectivity index (χ2n) is 7.07. The molecule has 0 bridgehead atoms. The van der Waals surface area contributed by atoms with Crippen molar-refractivity contribution >= 4 is 34.1 Å². The van der Waals surface area contributed by atoms with Crippen molar-refractivity contribution < 1.29 is 18.7 Å². The molecule has 0 radical (unpaired) electrons. The maximum Gasteiger partial charge on any atom is 0.248 e. The molecule has 164 valence electrons. The number of alkyl halides is 1. The largest absolute Gasteiger partial charge is 0.494 e. The van der Waals surface area contributed by atoms with Crippen molar-refractivity contribution in [3.8, 4) is 11.5 Å². The van der Waals surface area contributed by atoms with Crippen LogP contribution in [0.15, 0.2) is 59.5 Å². The number of carbonyl (C=O) groups is 1. The van der Waals surface area contributed by atoms with Gasteiger partial charge in [-0.1, -0.05) is 24.6 Å². The van der Waals surface area contributed by atoms with Crippen molar-refractivity contribution in [2.45, 2.75) is 19.5 Å². The van der Waals surface area contributed by atoms with E-state index in [-0.39, 0.29) is 17.4 Å². The van der Waals surface area contributed by atoms with Gasteiger partial charge in [-0.15, -0.1) is 0 Å². The molecule has 2 aromatic rings. The summed E-state index contributed by atoms with van der Waals surface area (Å²) >= 11 is 5.92. The first-order chi connectivity index (χ1) is 14.9. The number of anilines is 1. The summed E-state index contributed by atoms with van der Waals surface area (Å²) in [6.45, 7) is 3.61. The summed E-state index contributed by atoms with van der Waals surface area (Å²) in [7, 11) is 3.50. The maximum absolute atomic E-state index is 13.6. The van der Waals surface area contributed by atoms with E-state index >= 15 is 0 Å². The standard InChI is InChI=1S/C23H25ClFN3O3/c1-4-28(2)11-5-6-23(29)27-20-13-16-19(14-22(20)30-3)26-10-9-21(16)31-15-7-8-18(25)17(24)12-15/h5-7,9-10,12-14,18H,4,8,11H2,1-3H3,(H,27,29)/b6-5+. The number of fused-ring (bicyclic) bond motifs is 1. The van der Waals surface area contributed by atoms with Crippen LogP contribution in [0.25, 0.3) is 10.9 Å². The van der Waals surface area contributed by atoms with Crippen LogP contribution in [0.2, 0.25) is 0 Å². The van der Waals surface area contributed by atoms with Crippen molar-refractivity contribution in [1.29, 1.82) is 0 Å². The summed E-state index contributed by atoms with van der Waals surface area (Å²) in [6, 6.07) is 5.17. The number of aromatic nitrogens is 1. The summed E-state index contributed by atoms with van der Waals surface area (Å²) in [4.78, 5) is 18.8.